The third-order valence-electron chi connectivity index (χ3n) is 2.66. The van der Waals surface area contributed by atoms with Crippen LogP contribution in [0.15, 0.2) is 24.3 Å². The van der Waals surface area contributed by atoms with Gasteiger partial charge >= 0.3 is 0 Å². The van der Waals surface area contributed by atoms with Crippen molar-refractivity contribution < 1.29 is 9.84 Å². The fourth-order valence-corrected chi connectivity index (χ4v) is 1.87. The maximum atomic E-state index is 10.0. The zero-order valence-corrected chi connectivity index (χ0v) is 10.6. The molecule has 1 aromatic rings. The lowest BCUT2D eigenvalue weighted by Gasteiger charge is -2.21. The van der Waals surface area contributed by atoms with Crippen molar-refractivity contribution in [2.75, 3.05) is 7.11 Å². The minimum Gasteiger partial charge on any atom is -0.390 e. The Morgan fingerprint density at radius 2 is 1.94 bits per heavy atom. The van der Waals surface area contributed by atoms with Gasteiger partial charge in [0.25, 0.3) is 0 Å². The van der Waals surface area contributed by atoms with Crippen molar-refractivity contribution in [2.24, 2.45) is 0 Å². The number of ether oxygens (including phenoxy) is 1. The molecule has 0 amide bonds. The highest BCUT2D eigenvalue weighted by molar-refractivity contribution is 6.30. The SMILES string of the molecule is CCCC(OC)C(O)Cc1ccc(Cl)cc1. The lowest BCUT2D eigenvalue weighted by molar-refractivity contribution is -0.0159. The topological polar surface area (TPSA) is 29.5 Å². The van der Waals surface area contributed by atoms with Crippen LogP contribution in [0.25, 0.3) is 0 Å². The van der Waals surface area contributed by atoms with Gasteiger partial charge in [0, 0.05) is 18.6 Å². The summed E-state index contributed by atoms with van der Waals surface area (Å²) in [6.07, 6.45) is 1.96. The van der Waals surface area contributed by atoms with Crippen LogP contribution in [0.5, 0.6) is 0 Å². The quantitative estimate of drug-likeness (QED) is 0.831. The number of rotatable bonds is 6. The zero-order chi connectivity index (χ0) is 12.0. The summed E-state index contributed by atoms with van der Waals surface area (Å²) >= 11 is 5.80. The largest absolute Gasteiger partial charge is 0.390 e. The first-order valence-corrected chi connectivity index (χ1v) is 6.00. The average Bonchev–Trinajstić information content (AvgIpc) is 2.29. The fraction of sp³-hybridized carbons (Fsp3) is 0.538. The Morgan fingerprint density at radius 3 is 2.44 bits per heavy atom. The Bertz CT molecular complexity index is 297. The van der Waals surface area contributed by atoms with Gasteiger partial charge in [-0.3, -0.25) is 0 Å². The molecule has 0 aromatic heterocycles. The van der Waals surface area contributed by atoms with Gasteiger partial charge in [0.15, 0.2) is 0 Å². The van der Waals surface area contributed by atoms with E-state index in [0.29, 0.717) is 6.42 Å². The van der Waals surface area contributed by atoms with Gasteiger partial charge < -0.3 is 9.84 Å². The van der Waals surface area contributed by atoms with Gasteiger partial charge in [-0.25, -0.2) is 0 Å². The highest BCUT2D eigenvalue weighted by Crippen LogP contribution is 2.14. The number of methoxy groups -OCH3 is 1. The molecule has 0 fully saturated rings. The van der Waals surface area contributed by atoms with E-state index in [9.17, 15) is 5.11 Å². The van der Waals surface area contributed by atoms with Crippen molar-refractivity contribution in [3.05, 3.63) is 34.9 Å². The van der Waals surface area contributed by atoms with E-state index in [1.54, 1.807) is 7.11 Å². The summed E-state index contributed by atoms with van der Waals surface area (Å²) in [6.45, 7) is 2.08. The van der Waals surface area contributed by atoms with Crippen molar-refractivity contribution in [1.29, 1.82) is 0 Å². The predicted octanol–water partition coefficient (Wildman–Crippen LogP) is 3.06. The van der Waals surface area contributed by atoms with Crippen molar-refractivity contribution in [2.45, 2.75) is 38.4 Å². The second kappa shape index (κ2) is 6.89. The predicted molar refractivity (Wildman–Crippen MR) is 66.9 cm³/mol. The Balaban J connectivity index is 2.55. The number of aliphatic hydroxyl groups is 1. The molecule has 16 heavy (non-hydrogen) atoms. The van der Waals surface area contributed by atoms with E-state index < -0.39 is 6.10 Å². The molecule has 0 saturated carbocycles. The van der Waals surface area contributed by atoms with Crippen LogP contribution in [-0.2, 0) is 11.2 Å². The third-order valence-corrected chi connectivity index (χ3v) is 2.92. The zero-order valence-electron chi connectivity index (χ0n) is 9.82. The summed E-state index contributed by atoms with van der Waals surface area (Å²) in [5.74, 6) is 0. The van der Waals surface area contributed by atoms with Crippen LogP contribution in [0.4, 0.5) is 0 Å². The summed E-state index contributed by atoms with van der Waals surface area (Å²) in [5, 5.41) is 10.7. The lowest BCUT2D eigenvalue weighted by atomic mass is 10.0. The van der Waals surface area contributed by atoms with Crippen LogP contribution in [0.3, 0.4) is 0 Å². The Hall–Kier alpha value is -0.570. The van der Waals surface area contributed by atoms with Crippen molar-refractivity contribution >= 4 is 11.6 Å². The first-order valence-electron chi connectivity index (χ1n) is 5.62. The minimum absolute atomic E-state index is 0.0827. The van der Waals surface area contributed by atoms with Crippen molar-refractivity contribution in [3.63, 3.8) is 0 Å². The number of aliphatic hydroxyl groups excluding tert-OH is 1. The molecular weight excluding hydrogens is 224 g/mol. The van der Waals surface area contributed by atoms with E-state index in [4.69, 9.17) is 16.3 Å². The molecule has 90 valence electrons. The van der Waals surface area contributed by atoms with Gasteiger partial charge in [-0.1, -0.05) is 37.1 Å². The molecule has 3 heteroatoms. The molecule has 2 atom stereocenters. The van der Waals surface area contributed by atoms with E-state index in [1.807, 2.05) is 24.3 Å². The third kappa shape index (κ3) is 4.12. The van der Waals surface area contributed by atoms with Crippen LogP contribution < -0.4 is 0 Å². The molecule has 0 heterocycles. The maximum Gasteiger partial charge on any atom is 0.0841 e. The van der Waals surface area contributed by atoms with Crippen LogP contribution in [0.1, 0.15) is 25.3 Å². The Labute approximate surface area is 102 Å². The van der Waals surface area contributed by atoms with E-state index >= 15 is 0 Å². The monoisotopic (exact) mass is 242 g/mol. The Morgan fingerprint density at radius 1 is 1.31 bits per heavy atom. The van der Waals surface area contributed by atoms with E-state index in [1.165, 1.54) is 0 Å². The molecule has 0 aliphatic rings. The summed E-state index contributed by atoms with van der Waals surface area (Å²) in [4.78, 5) is 0. The van der Waals surface area contributed by atoms with Crippen molar-refractivity contribution in [1.82, 2.24) is 0 Å². The smallest absolute Gasteiger partial charge is 0.0841 e. The number of hydrogen-bond donors (Lipinski definition) is 1. The second-order valence-electron chi connectivity index (χ2n) is 3.96. The number of hydrogen-bond acceptors (Lipinski definition) is 2. The maximum absolute atomic E-state index is 10.0. The summed E-state index contributed by atoms with van der Waals surface area (Å²) in [7, 11) is 1.64. The number of halogens is 1. The van der Waals surface area contributed by atoms with E-state index in [-0.39, 0.29) is 6.10 Å². The van der Waals surface area contributed by atoms with Gasteiger partial charge in [-0.05, 0) is 24.1 Å². The van der Waals surface area contributed by atoms with Crippen LogP contribution in [0, 0.1) is 0 Å². The van der Waals surface area contributed by atoms with Crippen LogP contribution in [0.2, 0.25) is 5.02 Å². The van der Waals surface area contributed by atoms with Gasteiger partial charge in [0.2, 0.25) is 0 Å². The first kappa shape index (κ1) is 13.5. The van der Waals surface area contributed by atoms with Gasteiger partial charge in [0.1, 0.15) is 0 Å². The van der Waals surface area contributed by atoms with Gasteiger partial charge in [-0.2, -0.15) is 0 Å². The lowest BCUT2D eigenvalue weighted by Crippen LogP contribution is -2.29. The van der Waals surface area contributed by atoms with Gasteiger partial charge in [-0.15, -0.1) is 0 Å². The van der Waals surface area contributed by atoms with E-state index in [0.717, 1.165) is 23.4 Å². The molecule has 0 radical (unpaired) electrons. The highest BCUT2D eigenvalue weighted by atomic mass is 35.5. The molecule has 0 bridgehead atoms. The van der Waals surface area contributed by atoms with Crippen LogP contribution >= 0.6 is 11.6 Å². The van der Waals surface area contributed by atoms with Crippen molar-refractivity contribution in [3.8, 4) is 0 Å². The summed E-state index contributed by atoms with van der Waals surface area (Å²) in [5.41, 5.74) is 1.08. The molecule has 0 aliphatic carbocycles. The molecule has 2 nitrogen and oxygen atoms in total. The molecule has 2 unspecified atom stereocenters. The second-order valence-corrected chi connectivity index (χ2v) is 4.40. The highest BCUT2D eigenvalue weighted by Gasteiger charge is 2.17. The molecule has 1 aromatic carbocycles. The van der Waals surface area contributed by atoms with Gasteiger partial charge in [0.05, 0.1) is 12.2 Å². The number of benzene rings is 1. The molecule has 0 saturated heterocycles. The minimum atomic E-state index is -0.453. The molecule has 1 N–H and O–H groups in total. The molecule has 0 aliphatic heterocycles. The van der Waals surface area contributed by atoms with E-state index in [2.05, 4.69) is 6.92 Å². The molecule has 0 spiro atoms. The summed E-state index contributed by atoms with van der Waals surface area (Å²) < 4.78 is 5.27. The van der Waals surface area contributed by atoms with Crippen LogP contribution in [-0.4, -0.2) is 24.4 Å². The first-order chi connectivity index (χ1) is 7.67. The molecule has 1 rings (SSSR count). The summed E-state index contributed by atoms with van der Waals surface area (Å²) in [6, 6.07) is 7.55. The standard InChI is InChI=1S/C13H19ClO2/c1-3-4-13(16-2)12(15)9-10-5-7-11(14)8-6-10/h5-8,12-13,15H,3-4,9H2,1-2H3. The normalized spacial score (nSPS) is 14.8. The Kier molecular flexibility index (Phi) is 5.81. The fourth-order valence-electron chi connectivity index (χ4n) is 1.75. The average molecular weight is 243 g/mol. The molecular formula is C13H19ClO2.